The smallest absolute Gasteiger partial charge is 0.348 e. The predicted octanol–water partition coefficient (Wildman–Crippen LogP) is 4.48. The van der Waals surface area contributed by atoms with Crippen molar-refractivity contribution in [3.05, 3.63) is 77.5 Å². The van der Waals surface area contributed by atoms with Crippen LogP contribution in [-0.2, 0) is 12.7 Å². The molecule has 140 valence electrons. The van der Waals surface area contributed by atoms with E-state index in [0.717, 1.165) is 22.8 Å². The molecule has 3 aromatic rings. The van der Waals surface area contributed by atoms with Gasteiger partial charge in [-0.3, -0.25) is 9.89 Å². The van der Waals surface area contributed by atoms with Gasteiger partial charge >= 0.3 is 6.18 Å². The number of aromatic amines is 1. The average Bonchev–Trinajstić information content (AvgIpc) is 3.18. The minimum Gasteiger partial charge on any atom is -0.348 e. The molecule has 0 spiro atoms. The summed E-state index contributed by atoms with van der Waals surface area (Å²) >= 11 is 1.37. The number of amides is 1. The highest BCUT2D eigenvalue weighted by atomic mass is 32.2. The summed E-state index contributed by atoms with van der Waals surface area (Å²) in [6, 6.07) is 13.4. The molecule has 0 aliphatic carbocycles. The lowest BCUT2D eigenvalue weighted by Gasteiger charge is -2.09. The van der Waals surface area contributed by atoms with Crippen LogP contribution in [0.2, 0.25) is 0 Å². The molecule has 0 radical (unpaired) electrons. The fraction of sp³-hybridized carbons (Fsp3) is 0.111. The van der Waals surface area contributed by atoms with Gasteiger partial charge in [-0.1, -0.05) is 12.1 Å². The van der Waals surface area contributed by atoms with Crippen LogP contribution in [0.15, 0.2) is 65.7 Å². The van der Waals surface area contributed by atoms with Crippen molar-refractivity contribution >= 4 is 23.7 Å². The average molecular weight is 392 g/mol. The number of rotatable bonds is 6. The molecule has 3 rings (SSSR count). The zero-order valence-corrected chi connectivity index (χ0v) is 14.7. The Labute approximate surface area is 157 Å². The van der Waals surface area contributed by atoms with Gasteiger partial charge in [0.15, 0.2) is 0 Å². The molecule has 0 unspecified atom stereocenters. The van der Waals surface area contributed by atoms with Gasteiger partial charge in [-0.15, -0.1) is 0 Å². The zero-order chi connectivity index (χ0) is 19.3. The minimum atomic E-state index is -4.37. The molecular formula is C18H15F3N4OS. The molecule has 27 heavy (non-hydrogen) atoms. The standard InChI is InChI=1S/C18H15F3N4OS/c19-18(20,21)14-5-1-12(2-6-14)11-22-17(26)13-3-7-15(8-4-13)27-25-16-9-10-23-24-16/h1-10H,11H2,(H,22,26)(H2,23,24,25). The topological polar surface area (TPSA) is 69.8 Å². The van der Waals surface area contributed by atoms with Gasteiger partial charge in [-0.2, -0.15) is 18.3 Å². The summed E-state index contributed by atoms with van der Waals surface area (Å²) in [7, 11) is 0. The first kappa shape index (κ1) is 18.8. The number of anilines is 1. The highest BCUT2D eigenvalue weighted by Gasteiger charge is 2.29. The van der Waals surface area contributed by atoms with Crippen LogP contribution in [0.4, 0.5) is 19.0 Å². The number of carbonyl (C=O) groups is 1. The van der Waals surface area contributed by atoms with Crippen LogP contribution in [0.5, 0.6) is 0 Å². The lowest BCUT2D eigenvalue weighted by molar-refractivity contribution is -0.137. The maximum Gasteiger partial charge on any atom is 0.416 e. The Morgan fingerprint density at radius 1 is 1.04 bits per heavy atom. The van der Waals surface area contributed by atoms with Crippen LogP contribution in [0, 0.1) is 0 Å². The summed E-state index contributed by atoms with van der Waals surface area (Å²) in [6.45, 7) is 0.148. The minimum absolute atomic E-state index is 0.148. The van der Waals surface area contributed by atoms with E-state index in [-0.39, 0.29) is 12.5 Å². The van der Waals surface area contributed by atoms with E-state index >= 15 is 0 Å². The molecule has 0 atom stereocenters. The van der Waals surface area contributed by atoms with Crippen molar-refractivity contribution in [2.75, 3.05) is 4.72 Å². The summed E-state index contributed by atoms with van der Waals surface area (Å²) in [5.41, 5.74) is 0.342. The number of benzene rings is 2. The van der Waals surface area contributed by atoms with Crippen molar-refractivity contribution in [3.8, 4) is 0 Å². The largest absolute Gasteiger partial charge is 0.416 e. The second-order valence-corrected chi connectivity index (χ2v) is 6.46. The van der Waals surface area contributed by atoms with E-state index in [1.807, 2.05) is 0 Å². The van der Waals surface area contributed by atoms with Crippen molar-refractivity contribution in [1.29, 1.82) is 0 Å². The highest BCUT2D eigenvalue weighted by Crippen LogP contribution is 2.29. The van der Waals surface area contributed by atoms with Crippen molar-refractivity contribution in [2.24, 2.45) is 0 Å². The maximum atomic E-state index is 12.5. The Morgan fingerprint density at radius 3 is 2.33 bits per heavy atom. The van der Waals surface area contributed by atoms with Crippen molar-refractivity contribution < 1.29 is 18.0 Å². The van der Waals surface area contributed by atoms with Crippen molar-refractivity contribution in [3.63, 3.8) is 0 Å². The van der Waals surface area contributed by atoms with Gasteiger partial charge in [0.2, 0.25) is 0 Å². The van der Waals surface area contributed by atoms with Gasteiger partial charge in [0.05, 0.1) is 11.8 Å². The van der Waals surface area contributed by atoms with Gasteiger partial charge in [-0.05, 0) is 53.9 Å². The van der Waals surface area contributed by atoms with Crippen LogP contribution in [0.3, 0.4) is 0 Å². The second kappa shape index (κ2) is 8.17. The maximum absolute atomic E-state index is 12.5. The number of halogens is 3. The van der Waals surface area contributed by atoms with Gasteiger partial charge < -0.3 is 10.0 Å². The fourth-order valence-electron chi connectivity index (χ4n) is 2.20. The number of aromatic nitrogens is 2. The van der Waals surface area contributed by atoms with E-state index in [4.69, 9.17) is 0 Å². The van der Waals surface area contributed by atoms with Crippen LogP contribution < -0.4 is 10.0 Å². The third kappa shape index (κ3) is 5.27. The van der Waals surface area contributed by atoms with E-state index in [1.54, 1.807) is 36.5 Å². The summed E-state index contributed by atoms with van der Waals surface area (Å²) in [6.07, 6.45) is -2.74. The van der Waals surface area contributed by atoms with Gasteiger partial charge in [-0.25, -0.2) is 0 Å². The quantitative estimate of drug-likeness (QED) is 0.541. The third-order valence-electron chi connectivity index (χ3n) is 3.63. The van der Waals surface area contributed by atoms with Gasteiger partial charge in [0, 0.05) is 23.1 Å². The van der Waals surface area contributed by atoms with Crippen LogP contribution >= 0.6 is 11.9 Å². The first-order valence-corrected chi connectivity index (χ1v) is 8.70. The molecule has 0 fully saturated rings. The number of nitrogens with zero attached hydrogens (tertiary/aromatic N) is 1. The summed E-state index contributed by atoms with van der Waals surface area (Å²) < 4.78 is 40.7. The number of hydrogen-bond donors (Lipinski definition) is 3. The van der Waals surface area contributed by atoms with Crippen LogP contribution in [0.25, 0.3) is 0 Å². The third-order valence-corrected chi connectivity index (χ3v) is 4.46. The van der Waals surface area contributed by atoms with Crippen molar-refractivity contribution in [2.45, 2.75) is 17.6 Å². The number of carbonyl (C=O) groups excluding carboxylic acids is 1. The summed E-state index contributed by atoms with van der Waals surface area (Å²) in [4.78, 5) is 13.1. The second-order valence-electron chi connectivity index (χ2n) is 5.58. The number of hydrogen-bond acceptors (Lipinski definition) is 4. The molecule has 0 saturated heterocycles. The molecule has 0 saturated carbocycles. The first-order valence-electron chi connectivity index (χ1n) is 7.88. The molecule has 3 N–H and O–H groups in total. The monoisotopic (exact) mass is 392 g/mol. The molecule has 5 nitrogen and oxygen atoms in total. The lowest BCUT2D eigenvalue weighted by Crippen LogP contribution is -2.22. The van der Waals surface area contributed by atoms with Gasteiger partial charge in [0.25, 0.3) is 5.91 Å². The molecule has 0 bridgehead atoms. The molecule has 2 aromatic carbocycles. The molecule has 1 aromatic heterocycles. The molecule has 0 aliphatic heterocycles. The number of nitrogens with one attached hydrogen (secondary N) is 3. The SMILES string of the molecule is O=C(NCc1ccc(C(F)(F)F)cc1)c1ccc(SNc2ccn[nH]2)cc1. The Balaban J connectivity index is 1.52. The fourth-order valence-corrected chi connectivity index (χ4v) is 2.81. The van der Waals surface area contributed by atoms with Gasteiger partial charge in [0.1, 0.15) is 5.82 Å². The van der Waals surface area contributed by atoms with E-state index in [1.165, 1.54) is 24.1 Å². The molecule has 1 heterocycles. The summed E-state index contributed by atoms with van der Waals surface area (Å²) in [5, 5.41) is 9.29. The van der Waals surface area contributed by atoms with E-state index in [0.29, 0.717) is 11.1 Å². The van der Waals surface area contributed by atoms with Crippen molar-refractivity contribution in [1.82, 2.24) is 15.5 Å². The normalized spacial score (nSPS) is 11.2. The Hall–Kier alpha value is -2.94. The Kier molecular flexibility index (Phi) is 5.70. The highest BCUT2D eigenvalue weighted by molar-refractivity contribution is 8.00. The number of H-pyrrole nitrogens is 1. The Morgan fingerprint density at radius 2 is 1.74 bits per heavy atom. The molecule has 1 amide bonds. The Bertz CT molecular complexity index is 878. The molecular weight excluding hydrogens is 377 g/mol. The van der Waals surface area contributed by atoms with E-state index in [9.17, 15) is 18.0 Å². The molecule has 0 aliphatic rings. The molecule has 9 heteroatoms. The van der Waals surface area contributed by atoms with E-state index in [2.05, 4.69) is 20.2 Å². The van der Waals surface area contributed by atoms with Crippen LogP contribution in [0.1, 0.15) is 21.5 Å². The zero-order valence-electron chi connectivity index (χ0n) is 13.9. The lowest BCUT2D eigenvalue weighted by atomic mass is 10.1. The van der Waals surface area contributed by atoms with Crippen LogP contribution in [-0.4, -0.2) is 16.1 Å². The number of alkyl halides is 3. The predicted molar refractivity (Wildman–Crippen MR) is 97.1 cm³/mol. The summed E-state index contributed by atoms with van der Waals surface area (Å²) in [5.74, 6) is 0.464. The van der Waals surface area contributed by atoms with E-state index < -0.39 is 11.7 Å². The first-order chi connectivity index (χ1) is 12.9.